The second-order valence-electron chi connectivity index (χ2n) is 21.5. The molecule has 8 aromatic carbocycles. The second-order valence-corrected chi connectivity index (χ2v) is 24.5. The highest BCUT2D eigenvalue weighted by Crippen LogP contribution is 2.40. The second kappa shape index (κ2) is 27.4. The van der Waals surface area contributed by atoms with E-state index < -0.39 is 18.3 Å². The van der Waals surface area contributed by atoms with Gasteiger partial charge in [0, 0.05) is 85.8 Å². The molecule has 420 valence electrons. The number of nitrogens with zero attached hydrogens (tertiary/aromatic N) is 4. The molecular formula is C75H64BBr2IN4O2. The molecule has 12 aromatic rings. The molecule has 0 spiro atoms. The molecule has 1 fully saturated rings. The van der Waals surface area contributed by atoms with Gasteiger partial charge in [0.15, 0.2) is 0 Å². The van der Waals surface area contributed by atoms with Gasteiger partial charge in [-0.2, -0.15) is 0 Å². The zero-order valence-electron chi connectivity index (χ0n) is 46.9. The Balaban J connectivity index is 0.000000178. The van der Waals surface area contributed by atoms with Crippen molar-refractivity contribution >= 4 is 67.0 Å². The molecule has 0 N–H and O–H groups in total. The Bertz CT molecular complexity index is 3980. The van der Waals surface area contributed by atoms with Crippen LogP contribution in [0.15, 0.2) is 289 Å². The quantitative estimate of drug-likeness (QED) is 0.100. The summed E-state index contributed by atoms with van der Waals surface area (Å²) in [6.45, 7) is 8.36. The fourth-order valence-corrected chi connectivity index (χ4v) is 11.8. The Morgan fingerprint density at radius 1 is 0.318 bits per heavy atom. The summed E-state index contributed by atoms with van der Waals surface area (Å²) in [4.78, 5) is 17.2. The summed E-state index contributed by atoms with van der Waals surface area (Å²) in [5.41, 5.74) is 20.6. The van der Waals surface area contributed by atoms with E-state index in [1.54, 1.807) is 24.8 Å². The largest absolute Gasteiger partial charge is 0.494 e. The summed E-state index contributed by atoms with van der Waals surface area (Å²) < 4.78 is 16.4. The Morgan fingerprint density at radius 2 is 0.565 bits per heavy atom. The highest BCUT2D eigenvalue weighted by atomic mass is 127. The molecule has 1 aliphatic heterocycles. The molecule has 5 heterocycles. The summed E-state index contributed by atoms with van der Waals surface area (Å²) in [6, 6.07) is 80.9. The van der Waals surface area contributed by atoms with Crippen LogP contribution >= 0.6 is 54.5 Å². The van der Waals surface area contributed by atoms with Crippen LogP contribution < -0.4 is 5.46 Å². The van der Waals surface area contributed by atoms with Crippen molar-refractivity contribution in [1.82, 2.24) is 19.9 Å². The van der Waals surface area contributed by atoms with Crippen LogP contribution in [0.5, 0.6) is 0 Å². The van der Waals surface area contributed by atoms with Crippen LogP contribution in [0.3, 0.4) is 0 Å². The van der Waals surface area contributed by atoms with Crippen molar-refractivity contribution in [2.75, 3.05) is 0 Å². The molecule has 0 bridgehead atoms. The first-order valence-electron chi connectivity index (χ1n) is 27.7. The monoisotopic (exact) mass is 1350 g/mol. The molecule has 1 saturated heterocycles. The van der Waals surface area contributed by atoms with Gasteiger partial charge in [-0.05, 0) is 237 Å². The number of aromatic nitrogens is 4. The molecule has 0 unspecified atom stereocenters. The van der Waals surface area contributed by atoms with Crippen LogP contribution in [0.2, 0.25) is 0 Å². The van der Waals surface area contributed by atoms with E-state index in [4.69, 9.17) is 9.31 Å². The maximum absolute atomic E-state index is 6.48. The average Bonchev–Trinajstić information content (AvgIpc) is 1.75. The van der Waals surface area contributed by atoms with E-state index >= 15 is 0 Å². The molecule has 1 aliphatic rings. The maximum Gasteiger partial charge on any atom is 0.494 e. The van der Waals surface area contributed by atoms with Gasteiger partial charge in [0.05, 0.1) is 11.2 Å². The molecule has 10 heteroatoms. The van der Waals surface area contributed by atoms with Crippen LogP contribution in [0.25, 0.3) is 100 Å². The average molecular weight is 1350 g/mol. The van der Waals surface area contributed by atoms with Gasteiger partial charge in [-0.3, -0.25) is 19.9 Å². The van der Waals surface area contributed by atoms with Gasteiger partial charge in [0.25, 0.3) is 0 Å². The molecule has 0 radical (unpaired) electrons. The third-order valence-electron chi connectivity index (χ3n) is 15.1. The van der Waals surface area contributed by atoms with E-state index in [9.17, 15) is 0 Å². The fourth-order valence-electron chi connectivity index (χ4n) is 10.0. The zero-order valence-corrected chi connectivity index (χ0v) is 52.2. The molecular weight excluding hydrogens is 1290 g/mol. The molecule has 0 amide bonds. The van der Waals surface area contributed by atoms with Crippen LogP contribution in [0.4, 0.5) is 0 Å². The number of hydrogen-bond acceptors (Lipinski definition) is 6. The van der Waals surface area contributed by atoms with Gasteiger partial charge in [-0.25, -0.2) is 0 Å². The van der Waals surface area contributed by atoms with E-state index in [1.165, 1.54) is 37.0 Å². The predicted molar refractivity (Wildman–Crippen MR) is 372 cm³/mol. The third-order valence-corrected chi connectivity index (χ3v) is 16.8. The highest BCUT2D eigenvalue weighted by molar-refractivity contribution is 14.1. The van der Waals surface area contributed by atoms with Gasteiger partial charge < -0.3 is 9.31 Å². The van der Waals surface area contributed by atoms with Gasteiger partial charge >= 0.3 is 7.12 Å². The number of hydrogen-bond donors (Lipinski definition) is 0. The third kappa shape index (κ3) is 14.9. The van der Waals surface area contributed by atoms with E-state index in [-0.39, 0.29) is 8.85 Å². The lowest BCUT2D eigenvalue weighted by Gasteiger charge is -2.32. The molecule has 0 atom stereocenters. The van der Waals surface area contributed by atoms with E-state index in [2.05, 4.69) is 296 Å². The van der Waals surface area contributed by atoms with Crippen LogP contribution in [0.1, 0.15) is 36.5 Å². The van der Waals surface area contributed by atoms with Crippen molar-refractivity contribution < 1.29 is 10.7 Å². The van der Waals surface area contributed by atoms with E-state index in [0.29, 0.717) is 0 Å². The topological polar surface area (TPSA) is 70.0 Å². The first kappa shape index (κ1) is 60.2. The number of pyridine rings is 4. The molecule has 13 rings (SSSR count). The lowest BCUT2D eigenvalue weighted by molar-refractivity contribution is 0.00578. The first-order valence-corrected chi connectivity index (χ1v) is 30.3. The van der Waals surface area contributed by atoms with Gasteiger partial charge in [0.1, 0.15) is 0 Å². The number of halogens is 3. The molecule has 85 heavy (non-hydrogen) atoms. The Morgan fingerprint density at radius 3 is 0.835 bits per heavy atom. The minimum absolute atomic E-state index is 0. The van der Waals surface area contributed by atoms with E-state index in [0.717, 1.165) is 81.2 Å². The normalized spacial score (nSPS) is 12.9. The number of benzene rings is 8. The van der Waals surface area contributed by atoms with Crippen molar-refractivity contribution in [3.05, 3.63) is 293 Å². The molecule has 0 saturated carbocycles. The maximum atomic E-state index is 6.48. The van der Waals surface area contributed by atoms with Crippen molar-refractivity contribution in [2.24, 2.45) is 0 Å². The van der Waals surface area contributed by atoms with Crippen LogP contribution in [0, 0.1) is 3.57 Å². The standard InChI is InChI=1S/C34H31BN2O2.C34H23BrN2.C6H4BrI.CH4.H2/c1-33(2)34(3,4)39-35(38-33)32-20-30(26-11-5-9-24(17-26)28-13-7-15-36-22-28)19-31(21-32)27-12-6-10-25(18-27)29-14-8-16-37-23-29;35-34-13-3-10-28(21-34)33-19-31(26-8-1-6-24(16-26)29-11-4-14-36-22-29)18-32(20-33)27-9-2-7-25(17-27)30-12-5-15-37-23-30;7-5-2-1-3-6(8)4-5;;/h5-23H,1-4H3;1-23H;1-4H;1H4;1H. The zero-order chi connectivity index (χ0) is 58.0. The first-order chi connectivity index (χ1) is 40.8. The summed E-state index contributed by atoms with van der Waals surface area (Å²) >= 11 is 9.28. The van der Waals surface area contributed by atoms with E-state index in [1.807, 2.05) is 61.2 Å². The SMILES string of the molecule is Brc1cccc(-c2cc(-c3cccc(-c4cccnc4)c3)cc(-c3cccc(-c4cccnc4)c3)c2)c1.Brc1cccc(I)c1.C.CC1(C)OB(c2cc(-c3cccc(-c4cccnc4)c3)cc(-c3cccc(-c4cccnc4)c3)c2)OC1(C)C.[HH]. The smallest absolute Gasteiger partial charge is 0.399 e. The minimum Gasteiger partial charge on any atom is -0.399 e. The Hall–Kier alpha value is -7.97. The summed E-state index contributed by atoms with van der Waals surface area (Å²) in [5, 5.41) is 0. The van der Waals surface area contributed by atoms with Crippen molar-refractivity contribution in [2.45, 2.75) is 46.3 Å². The summed E-state index contributed by atoms with van der Waals surface area (Å²) in [6.07, 6.45) is 14.8. The summed E-state index contributed by atoms with van der Waals surface area (Å²) in [5.74, 6) is 0. The lowest BCUT2D eigenvalue weighted by atomic mass is 9.76. The Labute approximate surface area is 532 Å². The Kier molecular flexibility index (Phi) is 19.4. The van der Waals surface area contributed by atoms with Gasteiger partial charge in [-0.15, -0.1) is 0 Å². The van der Waals surface area contributed by atoms with Crippen LogP contribution in [-0.4, -0.2) is 38.3 Å². The van der Waals surface area contributed by atoms with Gasteiger partial charge in [0.2, 0.25) is 0 Å². The van der Waals surface area contributed by atoms with Gasteiger partial charge in [-0.1, -0.05) is 167 Å². The highest BCUT2D eigenvalue weighted by Gasteiger charge is 2.51. The number of rotatable bonds is 10. The summed E-state index contributed by atoms with van der Waals surface area (Å²) in [7, 11) is -0.461. The molecule has 0 aliphatic carbocycles. The van der Waals surface area contributed by atoms with Crippen molar-refractivity contribution in [3.8, 4) is 100 Å². The fraction of sp³-hybridized carbons (Fsp3) is 0.0933. The van der Waals surface area contributed by atoms with Crippen molar-refractivity contribution in [1.29, 1.82) is 0 Å². The van der Waals surface area contributed by atoms with Crippen LogP contribution in [-0.2, 0) is 9.31 Å². The predicted octanol–water partition coefficient (Wildman–Crippen LogP) is 21.0. The van der Waals surface area contributed by atoms with Crippen molar-refractivity contribution in [3.63, 3.8) is 0 Å². The molecule has 6 nitrogen and oxygen atoms in total. The minimum atomic E-state index is -0.461. The molecule has 4 aromatic heterocycles. The lowest BCUT2D eigenvalue weighted by Crippen LogP contribution is -2.41.